The van der Waals surface area contributed by atoms with Gasteiger partial charge in [0.15, 0.2) is 0 Å². The van der Waals surface area contributed by atoms with E-state index in [1.165, 1.54) is 33.7 Å². The predicted octanol–water partition coefficient (Wildman–Crippen LogP) is 10.7. The van der Waals surface area contributed by atoms with E-state index < -0.39 is 0 Å². The lowest BCUT2D eigenvalue weighted by Crippen LogP contribution is -2.28. The normalized spacial score (nSPS) is 23.4. The van der Waals surface area contributed by atoms with Gasteiger partial charge < -0.3 is 10.6 Å². The van der Waals surface area contributed by atoms with Crippen molar-refractivity contribution in [2.75, 3.05) is 19.6 Å². The fourth-order valence-corrected chi connectivity index (χ4v) is 7.29. The Hall–Kier alpha value is -3.20. The summed E-state index contributed by atoms with van der Waals surface area (Å²) in [4.78, 5) is 5.33. The van der Waals surface area contributed by atoms with Crippen LogP contribution in [0, 0.1) is 16.7 Å². The summed E-state index contributed by atoms with van der Waals surface area (Å²) in [5.41, 5.74) is 27.5. The maximum Gasteiger partial charge on any atom is 0.0437 e. The minimum absolute atomic E-state index is 0.0703. The average Bonchev–Trinajstić information content (AvgIpc) is 3.23. The molecule has 1 unspecified atom stereocenters. The van der Waals surface area contributed by atoms with Gasteiger partial charge in [-0.05, 0) is 92.0 Å². The molecule has 234 valence electrons. The molecule has 5 nitrogen and oxygen atoms in total. The molecule has 0 spiro atoms. The molecule has 4 aliphatic rings. The molecule has 0 radical (unpaired) electrons. The highest BCUT2D eigenvalue weighted by Gasteiger charge is 2.41. The lowest BCUT2D eigenvalue weighted by atomic mass is 9.64. The van der Waals surface area contributed by atoms with Gasteiger partial charge in [-0.3, -0.25) is 0 Å². The second-order valence-corrected chi connectivity index (χ2v) is 13.6. The van der Waals surface area contributed by atoms with E-state index in [4.69, 9.17) is 22.9 Å². The van der Waals surface area contributed by atoms with Crippen LogP contribution < -0.4 is 5.73 Å². The molecular formula is C38H50ClN5. The second-order valence-electron chi connectivity index (χ2n) is 13.2. The summed E-state index contributed by atoms with van der Waals surface area (Å²) in [6, 6.07) is 0. The van der Waals surface area contributed by atoms with E-state index in [0.29, 0.717) is 19.0 Å². The number of nitrogens with zero attached hydrogens (tertiary/aromatic N) is 4. The number of azide groups is 1. The SMILES string of the molecule is CCCC(/C=C/C1=C=C(CCCN)C2CC=CC=C2C1(C)C)=C(Cl)\C=C\C=C1\N(CCCN=[N+]=[N-])C2=C(CCC=C2)C1(C)C. The van der Waals surface area contributed by atoms with Crippen LogP contribution in [0.3, 0.4) is 0 Å². The summed E-state index contributed by atoms with van der Waals surface area (Å²) in [5, 5.41) is 4.52. The van der Waals surface area contributed by atoms with Crippen LogP contribution in [0.25, 0.3) is 10.4 Å². The molecule has 0 fully saturated rings. The maximum absolute atomic E-state index is 8.73. The Bertz CT molecular complexity index is 1460. The van der Waals surface area contributed by atoms with Crippen LogP contribution in [-0.2, 0) is 0 Å². The van der Waals surface area contributed by atoms with E-state index >= 15 is 0 Å². The first-order chi connectivity index (χ1) is 21.2. The molecule has 0 saturated heterocycles. The summed E-state index contributed by atoms with van der Waals surface area (Å²) in [5.74, 6) is 0.429. The average molecular weight is 612 g/mol. The van der Waals surface area contributed by atoms with E-state index in [0.717, 1.165) is 68.5 Å². The molecular weight excluding hydrogens is 562 g/mol. The molecule has 4 rings (SSSR count). The first-order valence-electron chi connectivity index (χ1n) is 16.4. The van der Waals surface area contributed by atoms with Crippen molar-refractivity contribution in [3.8, 4) is 0 Å². The molecule has 0 amide bonds. The highest BCUT2D eigenvalue weighted by Crippen LogP contribution is 2.51. The molecule has 0 aromatic heterocycles. The summed E-state index contributed by atoms with van der Waals surface area (Å²) in [7, 11) is 0. The van der Waals surface area contributed by atoms with Crippen molar-refractivity contribution in [2.24, 2.45) is 27.6 Å². The number of fused-ring (bicyclic) bond motifs is 1. The van der Waals surface area contributed by atoms with Gasteiger partial charge in [-0.25, -0.2) is 0 Å². The zero-order chi connectivity index (χ0) is 31.7. The van der Waals surface area contributed by atoms with Crippen molar-refractivity contribution in [2.45, 2.75) is 86.0 Å². The topological polar surface area (TPSA) is 78.0 Å². The van der Waals surface area contributed by atoms with E-state index in [1.807, 2.05) is 6.08 Å². The summed E-state index contributed by atoms with van der Waals surface area (Å²) >= 11 is 7.02. The third-order valence-electron chi connectivity index (χ3n) is 9.52. The minimum Gasteiger partial charge on any atom is -0.344 e. The fourth-order valence-electron chi connectivity index (χ4n) is 7.06. The van der Waals surface area contributed by atoms with Crippen molar-refractivity contribution in [1.82, 2.24) is 4.90 Å². The molecule has 1 atom stereocenters. The number of halogens is 1. The molecule has 0 bridgehead atoms. The summed E-state index contributed by atoms with van der Waals surface area (Å²) in [6.45, 7) is 13.5. The van der Waals surface area contributed by atoms with Crippen LogP contribution in [-0.4, -0.2) is 24.5 Å². The number of hydrogen-bond acceptors (Lipinski definition) is 3. The van der Waals surface area contributed by atoms with Crippen LogP contribution in [0.4, 0.5) is 0 Å². The first-order valence-corrected chi connectivity index (χ1v) is 16.8. The van der Waals surface area contributed by atoms with E-state index in [2.05, 4.69) is 110 Å². The fraction of sp³-hybridized carbons (Fsp3) is 0.500. The summed E-state index contributed by atoms with van der Waals surface area (Å²) < 4.78 is 0. The van der Waals surface area contributed by atoms with Gasteiger partial charge in [0.1, 0.15) is 0 Å². The van der Waals surface area contributed by atoms with Gasteiger partial charge in [-0.2, -0.15) is 0 Å². The van der Waals surface area contributed by atoms with Crippen molar-refractivity contribution in [3.05, 3.63) is 121 Å². The molecule has 44 heavy (non-hydrogen) atoms. The van der Waals surface area contributed by atoms with Crippen molar-refractivity contribution >= 4 is 11.6 Å². The Morgan fingerprint density at radius 3 is 2.77 bits per heavy atom. The van der Waals surface area contributed by atoms with Gasteiger partial charge in [0.05, 0.1) is 0 Å². The largest absolute Gasteiger partial charge is 0.344 e. The lowest BCUT2D eigenvalue weighted by Gasteiger charge is -2.39. The Morgan fingerprint density at radius 1 is 1.20 bits per heavy atom. The predicted molar refractivity (Wildman–Crippen MR) is 187 cm³/mol. The first kappa shape index (κ1) is 33.7. The van der Waals surface area contributed by atoms with Crippen LogP contribution >= 0.6 is 11.6 Å². The standard InChI is InChI=1S/C38H50ClN5/c1-6-14-28(22-23-30-27-29(15-12-24-40)31-16-7-8-17-32(31)37(30,2)3)34(39)19-11-21-36-38(4,5)33-18-9-10-20-35(33)44(36)26-13-25-42-43-41/h7-8,10-11,17,19-23,31H,6,9,12-16,18,24-26,40H2,1-5H3/b19-11+,23-22+,34-28-,36-21+. The number of nitrogens with two attached hydrogens (primary N) is 1. The van der Waals surface area contributed by atoms with Crippen LogP contribution in [0.2, 0.25) is 0 Å². The van der Waals surface area contributed by atoms with Gasteiger partial charge in [-0.15, -0.1) is 5.73 Å². The lowest BCUT2D eigenvalue weighted by molar-refractivity contribution is 0.384. The van der Waals surface area contributed by atoms with Crippen molar-refractivity contribution in [3.63, 3.8) is 0 Å². The zero-order valence-corrected chi connectivity index (χ0v) is 28.1. The molecule has 3 aliphatic carbocycles. The highest BCUT2D eigenvalue weighted by atomic mass is 35.5. The quantitative estimate of drug-likeness (QED) is 0.0561. The van der Waals surface area contributed by atoms with Crippen LogP contribution in [0.15, 0.2) is 116 Å². The Balaban J connectivity index is 1.64. The Morgan fingerprint density at radius 2 is 2.02 bits per heavy atom. The van der Waals surface area contributed by atoms with E-state index in [9.17, 15) is 0 Å². The van der Waals surface area contributed by atoms with E-state index in [-0.39, 0.29) is 10.8 Å². The van der Waals surface area contributed by atoms with Crippen molar-refractivity contribution < 1.29 is 0 Å². The van der Waals surface area contributed by atoms with Gasteiger partial charge >= 0.3 is 0 Å². The number of rotatable bonds is 13. The zero-order valence-electron chi connectivity index (χ0n) is 27.4. The molecule has 2 N–H and O–H groups in total. The third kappa shape index (κ3) is 7.36. The van der Waals surface area contributed by atoms with Gasteiger partial charge in [0, 0.05) is 56.7 Å². The third-order valence-corrected chi connectivity index (χ3v) is 9.89. The van der Waals surface area contributed by atoms with Gasteiger partial charge in [-0.1, -0.05) is 106 Å². The molecule has 1 heterocycles. The van der Waals surface area contributed by atoms with Gasteiger partial charge in [0.2, 0.25) is 0 Å². The summed E-state index contributed by atoms with van der Waals surface area (Å²) in [6.07, 6.45) is 30.0. The molecule has 6 heteroatoms. The Labute approximate surface area is 270 Å². The number of hydrogen-bond donors (Lipinski definition) is 1. The van der Waals surface area contributed by atoms with Crippen molar-refractivity contribution in [1.29, 1.82) is 0 Å². The highest BCUT2D eigenvalue weighted by molar-refractivity contribution is 6.31. The molecule has 0 saturated carbocycles. The van der Waals surface area contributed by atoms with Crippen LogP contribution in [0.5, 0.6) is 0 Å². The molecule has 1 aliphatic heterocycles. The second kappa shape index (κ2) is 15.2. The monoisotopic (exact) mass is 611 g/mol. The van der Waals surface area contributed by atoms with E-state index in [1.54, 1.807) is 0 Å². The minimum atomic E-state index is -0.0984. The maximum atomic E-state index is 8.73. The molecule has 0 aromatic rings. The molecule has 0 aromatic carbocycles. The van der Waals surface area contributed by atoms with Crippen LogP contribution in [0.1, 0.15) is 86.0 Å². The number of allylic oxidation sites excluding steroid dienone is 15. The Kier molecular flexibility index (Phi) is 11.6. The van der Waals surface area contributed by atoms with Gasteiger partial charge in [0.25, 0.3) is 0 Å². The smallest absolute Gasteiger partial charge is 0.0437 e.